The summed E-state index contributed by atoms with van der Waals surface area (Å²) in [5.74, 6) is 0.955. The Morgan fingerprint density at radius 1 is 0.926 bits per heavy atom. The topological polar surface area (TPSA) is 66.9 Å². The van der Waals surface area contributed by atoms with Crippen molar-refractivity contribution in [3.05, 3.63) is 29.8 Å². The van der Waals surface area contributed by atoms with Gasteiger partial charge in [0.1, 0.15) is 0 Å². The van der Waals surface area contributed by atoms with Gasteiger partial charge in [0.2, 0.25) is 10.0 Å². The molecule has 6 nitrogen and oxygen atoms in total. The molecule has 4 atom stereocenters. The first kappa shape index (κ1) is 20.3. The van der Waals surface area contributed by atoms with Crippen molar-refractivity contribution in [2.75, 3.05) is 26.2 Å². The Hall–Kier alpha value is -1.44. The van der Waals surface area contributed by atoms with Crippen molar-refractivity contribution in [2.45, 2.75) is 51.2 Å². The third-order valence-electron chi connectivity index (χ3n) is 5.28. The lowest BCUT2D eigenvalue weighted by atomic mass is 9.91. The summed E-state index contributed by atoms with van der Waals surface area (Å²) >= 11 is 0. The largest absolute Gasteiger partial charge is 0.373 e. The normalized spacial score (nSPS) is 30.3. The van der Waals surface area contributed by atoms with Crippen molar-refractivity contribution < 1.29 is 17.9 Å². The molecule has 0 radical (unpaired) electrons. The highest BCUT2D eigenvalue weighted by molar-refractivity contribution is 7.89. The summed E-state index contributed by atoms with van der Waals surface area (Å²) in [5, 5.41) is 0. The van der Waals surface area contributed by atoms with Gasteiger partial charge in [0.15, 0.2) is 0 Å². The summed E-state index contributed by atoms with van der Waals surface area (Å²) in [6.07, 6.45) is 0.872. The molecule has 0 unspecified atom stereocenters. The summed E-state index contributed by atoms with van der Waals surface area (Å²) in [5.41, 5.74) is 0.541. The van der Waals surface area contributed by atoms with Gasteiger partial charge in [-0.1, -0.05) is 13.8 Å². The van der Waals surface area contributed by atoms with Gasteiger partial charge < -0.3 is 9.64 Å². The highest BCUT2D eigenvalue weighted by Crippen LogP contribution is 2.24. The number of benzene rings is 1. The highest BCUT2D eigenvalue weighted by Gasteiger charge is 2.32. The molecule has 0 bridgehead atoms. The molecule has 2 aliphatic rings. The van der Waals surface area contributed by atoms with Crippen molar-refractivity contribution in [1.82, 2.24) is 9.21 Å². The molecule has 1 aromatic carbocycles. The number of amides is 1. The molecule has 2 fully saturated rings. The minimum absolute atomic E-state index is 0.0223. The molecule has 2 aliphatic heterocycles. The number of likely N-dealkylation sites (tertiary alicyclic amines) is 1. The lowest BCUT2D eigenvalue weighted by Crippen LogP contribution is -2.48. The maximum atomic E-state index is 12.9. The molecule has 2 saturated heterocycles. The summed E-state index contributed by atoms with van der Waals surface area (Å²) in [7, 11) is -3.58. The number of carbonyl (C=O) groups is 1. The van der Waals surface area contributed by atoms with Crippen LogP contribution in [0.4, 0.5) is 0 Å². The molecule has 27 heavy (non-hydrogen) atoms. The molecule has 0 aromatic heterocycles. The minimum atomic E-state index is -3.58. The average molecular weight is 395 g/mol. The molecular weight excluding hydrogens is 364 g/mol. The quantitative estimate of drug-likeness (QED) is 0.790. The lowest BCUT2D eigenvalue weighted by Gasteiger charge is -2.35. The van der Waals surface area contributed by atoms with Crippen LogP contribution in [0.25, 0.3) is 0 Å². The number of rotatable bonds is 3. The second-order valence-corrected chi connectivity index (χ2v) is 10.2. The number of morpholine rings is 1. The number of nitrogens with zero attached hydrogens (tertiary/aromatic N) is 2. The maximum absolute atomic E-state index is 12.9. The summed E-state index contributed by atoms with van der Waals surface area (Å²) in [6.45, 7) is 10.3. The van der Waals surface area contributed by atoms with Crippen LogP contribution in [0.2, 0.25) is 0 Å². The maximum Gasteiger partial charge on any atom is 0.253 e. The molecule has 0 spiro atoms. The van der Waals surface area contributed by atoms with E-state index in [1.807, 2.05) is 18.7 Å². The molecule has 7 heteroatoms. The van der Waals surface area contributed by atoms with Crippen LogP contribution in [0, 0.1) is 11.8 Å². The van der Waals surface area contributed by atoms with Crippen molar-refractivity contribution in [3.8, 4) is 0 Å². The van der Waals surface area contributed by atoms with Crippen LogP contribution in [0.5, 0.6) is 0 Å². The first-order valence-corrected chi connectivity index (χ1v) is 11.2. The van der Waals surface area contributed by atoms with Crippen molar-refractivity contribution in [2.24, 2.45) is 11.8 Å². The van der Waals surface area contributed by atoms with Gasteiger partial charge in [0.25, 0.3) is 5.91 Å². The zero-order valence-corrected chi connectivity index (χ0v) is 17.4. The van der Waals surface area contributed by atoms with Gasteiger partial charge in [-0.25, -0.2) is 8.42 Å². The summed E-state index contributed by atoms with van der Waals surface area (Å²) in [6, 6.07) is 6.35. The minimum Gasteiger partial charge on any atom is -0.373 e. The van der Waals surface area contributed by atoms with Crippen molar-refractivity contribution >= 4 is 15.9 Å². The van der Waals surface area contributed by atoms with Gasteiger partial charge in [-0.3, -0.25) is 4.79 Å². The Morgan fingerprint density at radius 2 is 1.44 bits per heavy atom. The van der Waals surface area contributed by atoms with Crippen LogP contribution in [0.15, 0.2) is 29.2 Å². The van der Waals surface area contributed by atoms with Crippen molar-refractivity contribution in [3.63, 3.8) is 0 Å². The van der Waals surface area contributed by atoms with E-state index in [2.05, 4.69) is 13.8 Å². The van der Waals surface area contributed by atoms with Gasteiger partial charge in [-0.15, -0.1) is 0 Å². The van der Waals surface area contributed by atoms with Gasteiger partial charge in [0.05, 0.1) is 17.1 Å². The van der Waals surface area contributed by atoms with Crippen LogP contribution in [0.3, 0.4) is 0 Å². The monoisotopic (exact) mass is 394 g/mol. The first-order chi connectivity index (χ1) is 12.7. The fraction of sp³-hybridized carbons (Fsp3) is 0.650. The molecule has 0 N–H and O–H groups in total. The Bertz CT molecular complexity index is 758. The van der Waals surface area contributed by atoms with Crippen LogP contribution in [-0.4, -0.2) is 61.9 Å². The number of carbonyl (C=O) groups excluding carboxylic acids is 1. The number of hydrogen-bond donors (Lipinski definition) is 0. The summed E-state index contributed by atoms with van der Waals surface area (Å²) in [4.78, 5) is 14.9. The second kappa shape index (κ2) is 7.89. The van der Waals surface area contributed by atoms with E-state index in [0.717, 1.165) is 19.5 Å². The Kier molecular flexibility index (Phi) is 5.93. The van der Waals surface area contributed by atoms with Crippen LogP contribution >= 0.6 is 0 Å². The zero-order valence-electron chi connectivity index (χ0n) is 16.6. The fourth-order valence-corrected chi connectivity index (χ4v) is 5.85. The Morgan fingerprint density at radius 3 is 1.96 bits per heavy atom. The number of ether oxygens (including phenoxy) is 1. The SMILES string of the molecule is C[C@@H]1C[C@@H](C)CN(C(=O)c2ccc(S(=O)(=O)N3C[C@@H](C)O[C@@H](C)C3)cc2)C1. The predicted octanol–water partition coefficient (Wildman–Crippen LogP) is 2.60. The Balaban J connectivity index is 1.75. The van der Waals surface area contributed by atoms with E-state index in [9.17, 15) is 13.2 Å². The smallest absolute Gasteiger partial charge is 0.253 e. The predicted molar refractivity (Wildman–Crippen MR) is 104 cm³/mol. The van der Waals surface area contributed by atoms with Gasteiger partial charge in [-0.2, -0.15) is 4.31 Å². The lowest BCUT2D eigenvalue weighted by molar-refractivity contribution is -0.0440. The highest BCUT2D eigenvalue weighted by atomic mass is 32.2. The van der Waals surface area contributed by atoms with Crippen LogP contribution < -0.4 is 0 Å². The third kappa shape index (κ3) is 4.52. The Labute approximate surface area is 162 Å². The fourth-order valence-electron chi connectivity index (χ4n) is 4.26. The molecule has 1 aromatic rings. The van der Waals surface area contributed by atoms with E-state index in [1.54, 1.807) is 24.3 Å². The van der Waals surface area contributed by atoms with E-state index in [0.29, 0.717) is 30.5 Å². The van der Waals surface area contributed by atoms with Gasteiger partial charge >= 0.3 is 0 Å². The second-order valence-electron chi connectivity index (χ2n) is 8.26. The summed E-state index contributed by atoms with van der Waals surface area (Å²) < 4.78 is 32.9. The van der Waals surface area contributed by atoms with E-state index >= 15 is 0 Å². The zero-order chi connectivity index (χ0) is 19.8. The third-order valence-corrected chi connectivity index (χ3v) is 7.13. The van der Waals surface area contributed by atoms with Gasteiger partial charge in [0, 0.05) is 31.7 Å². The van der Waals surface area contributed by atoms with Crippen LogP contribution in [-0.2, 0) is 14.8 Å². The van der Waals surface area contributed by atoms with Crippen LogP contribution in [0.1, 0.15) is 44.5 Å². The molecular formula is C20H30N2O4S. The van der Waals surface area contributed by atoms with E-state index in [-0.39, 0.29) is 23.0 Å². The molecule has 2 heterocycles. The van der Waals surface area contributed by atoms with E-state index < -0.39 is 10.0 Å². The molecule has 3 rings (SSSR count). The van der Waals surface area contributed by atoms with E-state index in [1.165, 1.54) is 4.31 Å². The molecule has 0 saturated carbocycles. The molecule has 150 valence electrons. The van der Waals surface area contributed by atoms with Crippen molar-refractivity contribution in [1.29, 1.82) is 0 Å². The number of hydrogen-bond acceptors (Lipinski definition) is 4. The van der Waals surface area contributed by atoms with E-state index in [4.69, 9.17) is 4.74 Å². The molecule has 1 amide bonds. The van der Waals surface area contributed by atoms with Gasteiger partial charge in [-0.05, 0) is 56.4 Å². The standard InChI is InChI=1S/C20H30N2O4S/c1-14-9-15(2)11-21(10-14)20(23)18-5-7-19(8-6-18)27(24,25)22-12-16(3)26-17(4)13-22/h5-8,14-17H,9-13H2,1-4H3/t14-,15-,16-,17+/m1/s1. The first-order valence-electron chi connectivity index (χ1n) is 9.71. The number of sulfonamides is 1. The average Bonchev–Trinajstić information content (AvgIpc) is 2.59. The molecule has 0 aliphatic carbocycles. The number of piperidine rings is 1.